The number of aromatic nitrogens is 2. The topological polar surface area (TPSA) is 111 Å². The Morgan fingerprint density at radius 1 is 1.04 bits per heavy atom. The van der Waals surface area contributed by atoms with Gasteiger partial charge in [0.15, 0.2) is 5.69 Å². The number of nitriles is 1. The van der Waals surface area contributed by atoms with Crippen LogP contribution in [0.2, 0.25) is 0 Å². The van der Waals surface area contributed by atoms with Gasteiger partial charge in [0.2, 0.25) is 0 Å². The van der Waals surface area contributed by atoms with Crippen molar-refractivity contribution in [2.45, 2.75) is 43.7 Å². The van der Waals surface area contributed by atoms with E-state index in [0.29, 0.717) is 11.8 Å². The van der Waals surface area contributed by atoms with Crippen LogP contribution in [0.3, 0.4) is 0 Å². The predicted molar refractivity (Wildman–Crippen MR) is 162 cm³/mol. The number of anilines is 1. The van der Waals surface area contributed by atoms with Crippen LogP contribution in [0.15, 0.2) is 78.9 Å². The van der Waals surface area contributed by atoms with E-state index in [4.69, 9.17) is 0 Å². The van der Waals surface area contributed by atoms with Crippen molar-refractivity contribution in [2.24, 2.45) is 0 Å². The summed E-state index contributed by atoms with van der Waals surface area (Å²) in [5.41, 5.74) is -0.821. The first-order chi connectivity index (χ1) is 22.9. The molecule has 0 aliphatic carbocycles. The zero-order chi connectivity index (χ0) is 34.3. The molecule has 3 aromatic carbocycles. The number of carbonyl (C=O) groups excluding carboxylic acids is 3. The first-order valence-corrected chi connectivity index (χ1v) is 15.0. The van der Waals surface area contributed by atoms with Crippen LogP contribution < -0.4 is 10.2 Å². The molecule has 3 amide bonds. The van der Waals surface area contributed by atoms with Crippen molar-refractivity contribution in [3.63, 3.8) is 0 Å². The number of nitrogens with one attached hydrogen (secondary N) is 1. The second-order valence-corrected chi connectivity index (χ2v) is 11.4. The van der Waals surface area contributed by atoms with Crippen molar-refractivity contribution in [1.29, 1.82) is 5.26 Å². The highest BCUT2D eigenvalue weighted by Crippen LogP contribution is 2.44. The van der Waals surface area contributed by atoms with Crippen molar-refractivity contribution >= 4 is 23.5 Å². The predicted octanol–water partition coefficient (Wildman–Crippen LogP) is 5.40. The molecular formula is C34H27F5N6O3. The number of para-hydroxylation sites is 1. The van der Waals surface area contributed by atoms with E-state index < -0.39 is 59.5 Å². The molecule has 48 heavy (non-hydrogen) atoms. The molecule has 9 nitrogen and oxygen atoms in total. The minimum Gasteiger partial charge on any atom is -0.339 e. The molecule has 1 fully saturated rings. The number of alkyl halides is 4. The highest BCUT2D eigenvalue weighted by Gasteiger charge is 2.49. The molecule has 2 aliphatic heterocycles. The molecule has 14 heteroatoms. The first kappa shape index (κ1) is 32.4. The van der Waals surface area contributed by atoms with Gasteiger partial charge in [0.05, 0.1) is 23.9 Å². The molecule has 6 rings (SSSR count). The molecule has 1 aromatic heterocycles. The number of likely N-dealkylation sites (N-methyl/N-ethyl adjacent to an activating group) is 1. The smallest absolute Gasteiger partial charge is 0.339 e. The van der Waals surface area contributed by atoms with E-state index >= 15 is 0 Å². The van der Waals surface area contributed by atoms with Gasteiger partial charge < -0.3 is 10.2 Å². The Morgan fingerprint density at radius 2 is 1.75 bits per heavy atom. The summed E-state index contributed by atoms with van der Waals surface area (Å²) in [6.07, 6.45) is -6.41. The fourth-order valence-electron chi connectivity index (χ4n) is 6.26. The zero-order valence-electron chi connectivity index (χ0n) is 25.3. The van der Waals surface area contributed by atoms with Gasteiger partial charge in [-0.05, 0) is 55.0 Å². The second-order valence-electron chi connectivity index (χ2n) is 11.4. The lowest BCUT2D eigenvalue weighted by Gasteiger charge is -2.38. The fourth-order valence-corrected chi connectivity index (χ4v) is 6.26. The van der Waals surface area contributed by atoms with Crippen LogP contribution in [-0.4, -0.2) is 63.7 Å². The highest BCUT2D eigenvalue weighted by atomic mass is 19.4. The van der Waals surface area contributed by atoms with Crippen LogP contribution in [0.5, 0.6) is 0 Å². The SMILES string of the molecule is CCN1C(=O)[C@@H](NC(=O)c2cccc(C(F)(F)F)c2)[C@@H](c2ccc(F)cc2)c2c(C(=O)N3C[C@H](F)C[C@H]3C#N)nn(-c3ccccc3)c21. The lowest BCUT2D eigenvalue weighted by molar-refractivity contribution is -0.137. The monoisotopic (exact) mass is 662 g/mol. The van der Waals surface area contributed by atoms with Gasteiger partial charge in [-0.2, -0.15) is 23.5 Å². The average Bonchev–Trinajstić information content (AvgIpc) is 3.66. The van der Waals surface area contributed by atoms with Crippen LogP contribution in [-0.2, 0) is 11.0 Å². The molecule has 0 bridgehead atoms. The van der Waals surface area contributed by atoms with Crippen LogP contribution in [0.1, 0.15) is 56.8 Å². The summed E-state index contributed by atoms with van der Waals surface area (Å²) in [5, 5.41) is 16.9. The van der Waals surface area contributed by atoms with Gasteiger partial charge in [-0.1, -0.05) is 36.4 Å². The van der Waals surface area contributed by atoms with Gasteiger partial charge in [0, 0.05) is 30.0 Å². The van der Waals surface area contributed by atoms with Gasteiger partial charge in [0.25, 0.3) is 17.7 Å². The number of hydrogen-bond donors (Lipinski definition) is 1. The summed E-state index contributed by atoms with van der Waals surface area (Å²) in [6, 6.07) is 16.5. The van der Waals surface area contributed by atoms with Crippen molar-refractivity contribution in [1.82, 2.24) is 20.0 Å². The van der Waals surface area contributed by atoms with Crippen LogP contribution in [0.4, 0.5) is 27.8 Å². The Kier molecular flexibility index (Phi) is 8.46. The Hall–Kier alpha value is -5.58. The van der Waals surface area contributed by atoms with E-state index in [9.17, 15) is 41.6 Å². The third-order valence-electron chi connectivity index (χ3n) is 8.48. The number of likely N-dealkylation sites (tertiary alicyclic amines) is 1. The minimum atomic E-state index is -4.74. The number of benzene rings is 3. The van der Waals surface area contributed by atoms with Gasteiger partial charge >= 0.3 is 6.18 Å². The van der Waals surface area contributed by atoms with E-state index in [1.165, 1.54) is 27.8 Å². The van der Waals surface area contributed by atoms with Crippen molar-refractivity contribution in [3.05, 3.63) is 113 Å². The van der Waals surface area contributed by atoms with Crippen molar-refractivity contribution in [3.8, 4) is 11.8 Å². The molecule has 0 radical (unpaired) electrons. The Morgan fingerprint density at radius 3 is 2.40 bits per heavy atom. The molecule has 246 valence electrons. The normalized spacial score (nSPS) is 20.7. The molecule has 0 spiro atoms. The lowest BCUT2D eigenvalue weighted by Crippen LogP contribution is -2.55. The standard InChI is InChI=1S/C34H27F5N6O3/c1-2-43-31-27(29(42-45(31)24-9-4-3-5-10-24)33(48)44-18-23(36)16-25(44)17-40)26(19-11-13-22(35)14-12-19)28(32(43)47)41-30(46)20-7-6-8-21(15-20)34(37,38)39/h3-15,23,25-26,28H,2,16,18H2,1H3,(H,41,46)/t23-,25+,26+,28+/m1/s1. The van der Waals surface area contributed by atoms with Gasteiger partial charge in [0.1, 0.15) is 29.9 Å². The van der Waals surface area contributed by atoms with E-state index in [0.717, 1.165) is 29.2 Å². The minimum absolute atomic E-state index is 0.0150. The number of hydrogen-bond acceptors (Lipinski definition) is 5. The number of nitrogens with zero attached hydrogens (tertiary/aromatic N) is 5. The van der Waals surface area contributed by atoms with Crippen LogP contribution in [0.25, 0.3) is 5.69 Å². The summed E-state index contributed by atoms with van der Waals surface area (Å²) >= 11 is 0. The molecule has 4 aromatic rings. The molecule has 3 heterocycles. The Balaban J connectivity index is 1.57. The molecular weight excluding hydrogens is 635 g/mol. The maximum absolute atomic E-state index is 14.5. The summed E-state index contributed by atoms with van der Waals surface area (Å²) in [7, 11) is 0. The van der Waals surface area contributed by atoms with Crippen molar-refractivity contribution in [2.75, 3.05) is 18.0 Å². The molecule has 4 atom stereocenters. The molecule has 1 N–H and O–H groups in total. The average molecular weight is 663 g/mol. The summed E-state index contributed by atoms with van der Waals surface area (Å²) in [4.78, 5) is 44.5. The molecule has 0 unspecified atom stereocenters. The van der Waals surface area contributed by atoms with Gasteiger partial charge in [-0.15, -0.1) is 0 Å². The number of halogens is 5. The second kappa shape index (κ2) is 12.6. The number of rotatable bonds is 6. The van der Waals surface area contributed by atoms with E-state index in [1.807, 2.05) is 6.07 Å². The van der Waals surface area contributed by atoms with E-state index in [2.05, 4.69) is 10.4 Å². The Bertz CT molecular complexity index is 1920. The van der Waals surface area contributed by atoms with Crippen molar-refractivity contribution < 1.29 is 36.3 Å². The van der Waals surface area contributed by atoms with Crippen LogP contribution in [0, 0.1) is 17.1 Å². The molecule has 1 saturated heterocycles. The first-order valence-electron chi connectivity index (χ1n) is 15.0. The van der Waals surface area contributed by atoms with Gasteiger partial charge in [-0.3, -0.25) is 19.3 Å². The largest absolute Gasteiger partial charge is 0.416 e. The third-order valence-corrected chi connectivity index (χ3v) is 8.48. The van der Waals surface area contributed by atoms with Gasteiger partial charge in [-0.25, -0.2) is 13.5 Å². The number of carbonyl (C=O) groups is 3. The third kappa shape index (κ3) is 5.76. The number of fused-ring (bicyclic) bond motifs is 1. The Labute approximate surface area is 271 Å². The van der Waals surface area contributed by atoms with E-state index in [-0.39, 0.29) is 47.7 Å². The summed E-state index contributed by atoms with van der Waals surface area (Å²) in [5.74, 6) is -4.14. The fraction of sp³-hybridized carbons (Fsp3) is 0.265. The zero-order valence-corrected chi connectivity index (χ0v) is 25.3. The molecule has 2 aliphatic rings. The lowest BCUT2D eigenvalue weighted by atomic mass is 9.80. The van der Waals surface area contributed by atoms with E-state index in [1.54, 1.807) is 37.3 Å². The summed E-state index contributed by atoms with van der Waals surface area (Å²) in [6.45, 7) is 1.29. The number of amides is 3. The maximum Gasteiger partial charge on any atom is 0.416 e. The van der Waals surface area contributed by atoms with Crippen LogP contribution >= 0.6 is 0 Å². The highest BCUT2D eigenvalue weighted by molar-refractivity contribution is 6.07. The maximum atomic E-state index is 14.5. The quantitative estimate of drug-likeness (QED) is 0.278. The molecule has 0 saturated carbocycles. The summed E-state index contributed by atoms with van der Waals surface area (Å²) < 4.78 is 70.5.